The van der Waals surface area contributed by atoms with Crippen molar-refractivity contribution in [1.29, 1.82) is 0 Å². The second-order valence-electron chi connectivity index (χ2n) is 5.22. The maximum absolute atomic E-state index is 13.1. The fourth-order valence-electron chi connectivity index (χ4n) is 2.13. The SMILES string of the molecule is CC(C)NCC(Cc1ccc(Cl)s1)c1ccc(F)cc1. The van der Waals surface area contributed by atoms with Gasteiger partial charge < -0.3 is 5.32 Å². The number of rotatable bonds is 6. The first-order valence-corrected chi connectivity index (χ1v) is 7.97. The van der Waals surface area contributed by atoms with Gasteiger partial charge in [0.15, 0.2) is 0 Å². The predicted molar refractivity (Wildman–Crippen MR) is 85.3 cm³/mol. The maximum Gasteiger partial charge on any atom is 0.123 e. The van der Waals surface area contributed by atoms with Gasteiger partial charge in [-0.15, -0.1) is 11.3 Å². The molecule has 0 radical (unpaired) electrons. The van der Waals surface area contributed by atoms with Gasteiger partial charge in [0.1, 0.15) is 5.82 Å². The minimum Gasteiger partial charge on any atom is -0.314 e. The van der Waals surface area contributed by atoms with Crippen molar-refractivity contribution in [3.63, 3.8) is 0 Å². The molecule has 2 aromatic rings. The molecule has 4 heteroatoms. The van der Waals surface area contributed by atoms with Gasteiger partial charge in [0.05, 0.1) is 4.34 Å². The van der Waals surface area contributed by atoms with E-state index in [-0.39, 0.29) is 5.82 Å². The largest absolute Gasteiger partial charge is 0.314 e. The molecule has 1 aromatic heterocycles. The summed E-state index contributed by atoms with van der Waals surface area (Å²) in [5.41, 5.74) is 1.16. The number of benzene rings is 1. The van der Waals surface area contributed by atoms with Gasteiger partial charge in [0.2, 0.25) is 0 Å². The van der Waals surface area contributed by atoms with Crippen molar-refractivity contribution in [2.24, 2.45) is 0 Å². The summed E-state index contributed by atoms with van der Waals surface area (Å²) in [4.78, 5) is 1.26. The zero-order chi connectivity index (χ0) is 14.5. The van der Waals surface area contributed by atoms with Gasteiger partial charge in [-0.1, -0.05) is 37.6 Å². The summed E-state index contributed by atoms with van der Waals surface area (Å²) in [6.07, 6.45) is 0.919. The molecule has 0 aliphatic heterocycles. The molecule has 0 fully saturated rings. The van der Waals surface area contributed by atoms with Gasteiger partial charge in [-0.2, -0.15) is 0 Å². The minimum absolute atomic E-state index is 0.191. The molecule has 0 saturated heterocycles. The Balaban J connectivity index is 2.13. The van der Waals surface area contributed by atoms with Crippen LogP contribution < -0.4 is 5.32 Å². The standard InChI is InChI=1S/C16H19ClFNS/c1-11(2)19-10-13(9-15-7-8-16(17)20-15)12-3-5-14(18)6-4-12/h3-8,11,13,19H,9-10H2,1-2H3. The van der Waals surface area contributed by atoms with Crippen molar-refractivity contribution in [2.75, 3.05) is 6.54 Å². The molecule has 1 atom stereocenters. The van der Waals surface area contributed by atoms with Crippen LogP contribution in [-0.4, -0.2) is 12.6 Å². The van der Waals surface area contributed by atoms with Crippen LogP contribution in [0.2, 0.25) is 4.34 Å². The number of halogens is 2. The summed E-state index contributed by atoms with van der Waals surface area (Å²) in [6, 6.07) is 11.2. The average molecular weight is 312 g/mol. The van der Waals surface area contributed by atoms with E-state index >= 15 is 0 Å². The van der Waals surface area contributed by atoms with Crippen LogP contribution in [0.15, 0.2) is 36.4 Å². The molecule has 1 unspecified atom stereocenters. The fourth-order valence-corrected chi connectivity index (χ4v) is 3.29. The van der Waals surface area contributed by atoms with Gasteiger partial charge in [-0.3, -0.25) is 0 Å². The Morgan fingerprint density at radius 3 is 2.40 bits per heavy atom. The lowest BCUT2D eigenvalue weighted by molar-refractivity contribution is 0.527. The van der Waals surface area contributed by atoms with Crippen LogP contribution in [-0.2, 0) is 6.42 Å². The molecule has 0 spiro atoms. The van der Waals surface area contributed by atoms with E-state index in [9.17, 15) is 4.39 Å². The first-order chi connectivity index (χ1) is 9.54. The van der Waals surface area contributed by atoms with Crippen LogP contribution >= 0.6 is 22.9 Å². The van der Waals surface area contributed by atoms with Crippen molar-refractivity contribution in [1.82, 2.24) is 5.32 Å². The third-order valence-corrected chi connectivity index (χ3v) is 4.44. The van der Waals surface area contributed by atoms with Crippen molar-refractivity contribution < 1.29 is 4.39 Å². The van der Waals surface area contributed by atoms with Crippen LogP contribution in [0.4, 0.5) is 4.39 Å². The van der Waals surface area contributed by atoms with E-state index in [1.165, 1.54) is 17.0 Å². The third-order valence-electron chi connectivity index (χ3n) is 3.19. The molecule has 1 nitrogen and oxygen atoms in total. The molecule has 1 heterocycles. The Morgan fingerprint density at radius 1 is 1.15 bits per heavy atom. The van der Waals surface area contributed by atoms with E-state index in [2.05, 4.69) is 25.2 Å². The normalized spacial score (nSPS) is 12.8. The first kappa shape index (κ1) is 15.5. The Bertz CT molecular complexity index is 536. The molecule has 20 heavy (non-hydrogen) atoms. The van der Waals surface area contributed by atoms with Crippen LogP contribution in [0, 0.1) is 5.82 Å². The molecule has 0 bridgehead atoms. The molecule has 2 rings (SSSR count). The summed E-state index contributed by atoms with van der Waals surface area (Å²) in [7, 11) is 0. The topological polar surface area (TPSA) is 12.0 Å². The Kier molecular flexibility index (Phi) is 5.58. The van der Waals surface area contributed by atoms with Crippen LogP contribution in [0.25, 0.3) is 0 Å². The van der Waals surface area contributed by atoms with Crippen LogP contribution in [0.1, 0.15) is 30.2 Å². The van der Waals surface area contributed by atoms with E-state index < -0.39 is 0 Å². The molecule has 0 amide bonds. The molecule has 108 valence electrons. The van der Waals surface area contributed by atoms with E-state index in [1.54, 1.807) is 11.3 Å². The summed E-state index contributed by atoms with van der Waals surface area (Å²) in [5.74, 6) is 0.135. The van der Waals surface area contributed by atoms with Gasteiger partial charge >= 0.3 is 0 Å². The molecule has 0 aliphatic rings. The lowest BCUT2D eigenvalue weighted by atomic mass is 9.94. The highest BCUT2D eigenvalue weighted by atomic mass is 35.5. The number of nitrogens with one attached hydrogen (secondary N) is 1. The third kappa shape index (κ3) is 4.58. The molecule has 0 saturated carbocycles. The number of thiophene rings is 1. The molecular weight excluding hydrogens is 293 g/mol. The Hall–Kier alpha value is -0.900. The molecule has 1 aromatic carbocycles. The fraction of sp³-hybridized carbons (Fsp3) is 0.375. The lowest BCUT2D eigenvalue weighted by Gasteiger charge is -2.19. The molecular formula is C16H19ClFNS. The maximum atomic E-state index is 13.1. The first-order valence-electron chi connectivity index (χ1n) is 6.77. The van der Waals surface area contributed by atoms with E-state index in [4.69, 9.17) is 11.6 Å². The average Bonchev–Trinajstić information content (AvgIpc) is 2.81. The van der Waals surface area contributed by atoms with Gasteiger partial charge in [-0.05, 0) is 36.2 Å². The summed E-state index contributed by atoms with van der Waals surface area (Å²) in [5, 5.41) is 3.46. The van der Waals surface area contributed by atoms with Crippen molar-refractivity contribution >= 4 is 22.9 Å². The number of hydrogen-bond acceptors (Lipinski definition) is 2. The van der Waals surface area contributed by atoms with Crippen molar-refractivity contribution in [2.45, 2.75) is 32.2 Å². The summed E-state index contributed by atoms with van der Waals surface area (Å²) < 4.78 is 13.9. The van der Waals surface area contributed by atoms with E-state index in [1.807, 2.05) is 18.2 Å². The summed E-state index contributed by atoms with van der Waals surface area (Å²) >= 11 is 7.60. The Labute approximate surface area is 128 Å². The second-order valence-corrected chi connectivity index (χ2v) is 7.02. The van der Waals surface area contributed by atoms with E-state index in [0.717, 1.165) is 22.9 Å². The highest BCUT2D eigenvalue weighted by molar-refractivity contribution is 7.16. The smallest absolute Gasteiger partial charge is 0.123 e. The summed E-state index contributed by atoms with van der Waals surface area (Å²) in [6.45, 7) is 5.13. The zero-order valence-corrected chi connectivity index (χ0v) is 13.3. The predicted octanol–water partition coefficient (Wildman–Crippen LogP) is 4.86. The minimum atomic E-state index is -0.191. The van der Waals surface area contributed by atoms with Gasteiger partial charge in [0.25, 0.3) is 0 Å². The van der Waals surface area contributed by atoms with E-state index in [0.29, 0.717) is 12.0 Å². The number of hydrogen-bond donors (Lipinski definition) is 1. The monoisotopic (exact) mass is 311 g/mol. The highest BCUT2D eigenvalue weighted by Gasteiger charge is 2.14. The zero-order valence-electron chi connectivity index (χ0n) is 11.7. The lowest BCUT2D eigenvalue weighted by Crippen LogP contribution is -2.28. The molecule has 1 N–H and O–H groups in total. The second kappa shape index (κ2) is 7.21. The Morgan fingerprint density at radius 2 is 1.85 bits per heavy atom. The van der Waals surface area contributed by atoms with Crippen molar-refractivity contribution in [3.8, 4) is 0 Å². The molecule has 0 aliphatic carbocycles. The van der Waals surface area contributed by atoms with Crippen LogP contribution in [0.5, 0.6) is 0 Å². The quantitative estimate of drug-likeness (QED) is 0.803. The van der Waals surface area contributed by atoms with Gasteiger partial charge in [0, 0.05) is 23.4 Å². The van der Waals surface area contributed by atoms with Crippen LogP contribution in [0.3, 0.4) is 0 Å². The van der Waals surface area contributed by atoms with Crippen molar-refractivity contribution in [3.05, 3.63) is 57.0 Å². The highest BCUT2D eigenvalue weighted by Crippen LogP contribution is 2.27. The van der Waals surface area contributed by atoms with Gasteiger partial charge in [-0.25, -0.2) is 4.39 Å².